The van der Waals surface area contributed by atoms with Crippen LogP contribution < -0.4 is 56.3 Å². The summed E-state index contributed by atoms with van der Waals surface area (Å²) in [5.41, 5.74) is -0.787. The van der Waals surface area contributed by atoms with Crippen molar-refractivity contribution < 1.29 is 65.6 Å². The molecule has 7 heavy (non-hydrogen) atoms. The van der Waals surface area contributed by atoms with Crippen molar-refractivity contribution in [2.75, 3.05) is 0 Å². The van der Waals surface area contributed by atoms with Crippen molar-refractivity contribution in [2.24, 2.45) is 0 Å². The molecule has 0 aliphatic heterocycles. The third kappa shape index (κ3) is 7.37. The Bertz CT molecular complexity index is 78.9. The van der Waals surface area contributed by atoms with Crippen molar-refractivity contribution in [1.29, 1.82) is 0 Å². The Balaban J connectivity index is 0. The molecule has 34 valence electrons. The molecule has 1 unspecified atom stereocenters. The molecule has 0 saturated heterocycles. The van der Waals surface area contributed by atoms with Crippen molar-refractivity contribution in [3.05, 3.63) is 0 Å². The Kier molecular flexibility index (Phi) is 8.80. The summed E-state index contributed by atoms with van der Waals surface area (Å²) < 4.78 is 9.39. The molecule has 0 aromatic rings. The molecular formula is C2H3KO3P+. The zero-order valence-electron chi connectivity index (χ0n) is 4.17. The standard InChI is InChI=1S/C2H3O3P.K/c1-2(3)6(4)5;/h1H3;/q;+1. The molecule has 0 fully saturated rings. The van der Waals surface area contributed by atoms with Gasteiger partial charge in [-0.2, -0.15) is 0 Å². The third-order valence-corrected chi connectivity index (χ3v) is 0.771. The van der Waals surface area contributed by atoms with Crippen molar-refractivity contribution >= 4 is 13.6 Å². The topological polar surface area (TPSA) is 57.2 Å². The fraction of sp³-hybridized carbons (Fsp3) is 0.500. The predicted molar refractivity (Wildman–Crippen MR) is 18.3 cm³/mol. The van der Waals surface area contributed by atoms with Crippen LogP contribution in [0.5, 0.6) is 0 Å². The van der Waals surface area contributed by atoms with E-state index >= 15 is 0 Å². The van der Waals surface area contributed by atoms with Crippen molar-refractivity contribution in [2.45, 2.75) is 6.92 Å². The molecule has 0 aromatic carbocycles. The first-order valence-electron chi connectivity index (χ1n) is 1.29. The minimum atomic E-state index is -2.80. The van der Waals surface area contributed by atoms with Crippen LogP contribution in [0.3, 0.4) is 0 Å². The first-order chi connectivity index (χ1) is 2.64. The number of hydrogen-bond acceptors (Lipinski definition) is 3. The molecule has 0 aliphatic rings. The predicted octanol–water partition coefficient (Wildman–Crippen LogP) is -3.36. The van der Waals surface area contributed by atoms with Crippen LogP contribution >= 0.6 is 8.03 Å². The van der Waals surface area contributed by atoms with E-state index in [2.05, 4.69) is 0 Å². The summed E-state index contributed by atoms with van der Waals surface area (Å²) >= 11 is 0. The van der Waals surface area contributed by atoms with Crippen LogP contribution in [0.4, 0.5) is 0 Å². The first kappa shape index (κ1) is 11.2. The number of carbonyl (C=O) groups excluding carboxylic acids is 1. The van der Waals surface area contributed by atoms with Gasteiger partial charge in [-0.25, -0.2) is 4.79 Å². The fourth-order valence-corrected chi connectivity index (χ4v) is 0. The number of rotatable bonds is 1. The first-order valence-corrected chi connectivity index (χ1v) is 2.47. The molecule has 0 N–H and O–H groups in total. The molecule has 1 atom stereocenters. The van der Waals surface area contributed by atoms with Gasteiger partial charge in [-0.3, -0.25) is 0 Å². The maximum Gasteiger partial charge on any atom is 1.00 e. The van der Waals surface area contributed by atoms with Crippen molar-refractivity contribution in [3.63, 3.8) is 0 Å². The van der Waals surface area contributed by atoms with E-state index in [0.29, 0.717) is 0 Å². The van der Waals surface area contributed by atoms with Gasteiger partial charge in [-0.1, -0.05) is 4.57 Å². The van der Waals surface area contributed by atoms with Gasteiger partial charge in [-0.05, 0) is 0 Å². The molecule has 0 aliphatic carbocycles. The van der Waals surface area contributed by atoms with E-state index in [4.69, 9.17) is 0 Å². The largest absolute Gasteiger partial charge is 1.00 e. The van der Waals surface area contributed by atoms with Crippen LogP contribution in [-0.4, -0.2) is 5.52 Å². The average Bonchev–Trinajstić information content (AvgIpc) is 1.36. The smallest absolute Gasteiger partial charge is 0.588 e. The van der Waals surface area contributed by atoms with Gasteiger partial charge in [0.1, 0.15) is 0 Å². The van der Waals surface area contributed by atoms with E-state index in [9.17, 15) is 14.3 Å². The normalized spacial score (nSPS) is 9.14. The molecule has 0 rings (SSSR count). The zero-order chi connectivity index (χ0) is 5.15. The van der Waals surface area contributed by atoms with Gasteiger partial charge in [0.15, 0.2) is 0 Å². The van der Waals surface area contributed by atoms with E-state index in [1.807, 2.05) is 0 Å². The van der Waals surface area contributed by atoms with E-state index in [-0.39, 0.29) is 51.4 Å². The molecule has 0 spiro atoms. The molecule has 5 heteroatoms. The molecule has 0 amide bonds. The maximum atomic E-state index is 9.55. The van der Waals surface area contributed by atoms with Crippen LogP contribution in [0.1, 0.15) is 6.92 Å². The van der Waals surface area contributed by atoms with E-state index in [1.165, 1.54) is 0 Å². The van der Waals surface area contributed by atoms with Crippen molar-refractivity contribution in [3.8, 4) is 0 Å². The van der Waals surface area contributed by atoms with E-state index in [1.54, 1.807) is 0 Å². The Morgan fingerprint density at radius 1 is 1.71 bits per heavy atom. The minimum Gasteiger partial charge on any atom is -0.588 e. The zero-order valence-corrected chi connectivity index (χ0v) is 8.19. The SMILES string of the molecule is CC(=O)[P+](=O)[O-].[K+]. The second-order valence-electron chi connectivity index (χ2n) is 0.776. The van der Waals surface area contributed by atoms with E-state index in [0.717, 1.165) is 6.92 Å². The van der Waals surface area contributed by atoms with Gasteiger partial charge in [0, 0.05) is 6.92 Å². The molecular weight excluding hydrogens is 142 g/mol. The maximum absolute atomic E-state index is 9.55. The summed E-state index contributed by atoms with van der Waals surface area (Å²) in [7, 11) is -2.80. The summed E-state index contributed by atoms with van der Waals surface area (Å²) in [5, 5.41) is 0. The summed E-state index contributed by atoms with van der Waals surface area (Å²) in [5.74, 6) is 0. The minimum absolute atomic E-state index is 0. The van der Waals surface area contributed by atoms with Crippen LogP contribution in [0.15, 0.2) is 0 Å². The summed E-state index contributed by atoms with van der Waals surface area (Å²) in [6, 6.07) is 0. The Morgan fingerprint density at radius 2 is 1.86 bits per heavy atom. The Morgan fingerprint density at radius 3 is 1.86 bits per heavy atom. The molecule has 0 heterocycles. The Hall–Kier alpha value is 1.37. The van der Waals surface area contributed by atoms with Crippen LogP contribution in [-0.2, 0) is 9.36 Å². The van der Waals surface area contributed by atoms with Crippen LogP contribution in [0.2, 0.25) is 0 Å². The van der Waals surface area contributed by atoms with E-state index < -0.39 is 13.6 Å². The average molecular weight is 145 g/mol. The third-order valence-electron chi connectivity index (χ3n) is 0.257. The van der Waals surface area contributed by atoms with Gasteiger partial charge in [0.05, 0.1) is 0 Å². The number of carbonyl (C=O) groups is 1. The molecule has 0 saturated carbocycles. The molecule has 0 aromatic heterocycles. The Labute approximate surface area is 84.8 Å². The fourth-order valence-electron chi connectivity index (χ4n) is 0. The quantitative estimate of drug-likeness (QED) is 0.286. The second kappa shape index (κ2) is 5.50. The van der Waals surface area contributed by atoms with Gasteiger partial charge in [0.25, 0.3) is 0 Å². The van der Waals surface area contributed by atoms with Gasteiger partial charge >= 0.3 is 64.9 Å². The summed E-state index contributed by atoms with van der Waals surface area (Å²) in [6.07, 6.45) is 0. The van der Waals surface area contributed by atoms with Crippen LogP contribution in [0, 0.1) is 0 Å². The summed E-state index contributed by atoms with van der Waals surface area (Å²) in [4.78, 5) is 18.9. The van der Waals surface area contributed by atoms with Crippen LogP contribution in [0.25, 0.3) is 0 Å². The number of hydrogen-bond donors (Lipinski definition) is 0. The monoisotopic (exact) mass is 145 g/mol. The molecule has 3 nitrogen and oxygen atoms in total. The summed E-state index contributed by atoms with van der Waals surface area (Å²) in [6.45, 7) is 1.01. The van der Waals surface area contributed by atoms with Gasteiger partial charge in [-0.15, -0.1) is 0 Å². The van der Waals surface area contributed by atoms with Crippen molar-refractivity contribution in [1.82, 2.24) is 0 Å². The molecule has 0 radical (unpaired) electrons. The molecule has 0 bridgehead atoms. The van der Waals surface area contributed by atoms with Gasteiger partial charge < -0.3 is 4.89 Å². The second-order valence-corrected chi connectivity index (χ2v) is 1.92. The van der Waals surface area contributed by atoms with Gasteiger partial charge in [0.2, 0.25) is 0 Å².